The first-order chi connectivity index (χ1) is 17.8. The second-order valence-corrected chi connectivity index (χ2v) is 10.6. The molecule has 37 heavy (non-hydrogen) atoms. The number of pyridine rings is 1. The Hall–Kier alpha value is -3.21. The lowest BCUT2D eigenvalue weighted by Gasteiger charge is -2.15. The molecule has 3 aromatic heterocycles. The number of aryl methyl sites for hydroxylation is 1. The minimum Gasteiger partial charge on any atom is -0.352 e. The summed E-state index contributed by atoms with van der Waals surface area (Å²) < 4.78 is 41.8. The summed E-state index contributed by atoms with van der Waals surface area (Å²) in [7, 11) is 0. The Labute approximate surface area is 216 Å². The van der Waals surface area contributed by atoms with E-state index in [-0.39, 0.29) is 18.0 Å². The number of rotatable bonds is 7. The quantitative estimate of drug-likeness (QED) is 0.462. The summed E-state index contributed by atoms with van der Waals surface area (Å²) >= 11 is 1.38. The number of nitrogens with one attached hydrogen (secondary N) is 2. The molecule has 2 N–H and O–H groups in total. The van der Waals surface area contributed by atoms with Crippen LogP contribution in [0.25, 0.3) is 0 Å². The zero-order valence-electron chi connectivity index (χ0n) is 20.3. The van der Waals surface area contributed by atoms with Crippen LogP contribution in [0.15, 0.2) is 24.5 Å². The Kier molecular flexibility index (Phi) is 7.32. The number of halogens is 3. The molecule has 0 saturated heterocycles. The van der Waals surface area contributed by atoms with E-state index < -0.39 is 17.8 Å². The fourth-order valence-electron chi connectivity index (χ4n) is 5.18. The molecule has 11 heteroatoms. The Morgan fingerprint density at radius 1 is 1.05 bits per heavy atom. The second kappa shape index (κ2) is 10.6. The van der Waals surface area contributed by atoms with E-state index in [2.05, 4.69) is 20.7 Å². The molecule has 0 atom stereocenters. The predicted octanol–water partition coefficient (Wildman–Crippen LogP) is 4.73. The summed E-state index contributed by atoms with van der Waals surface area (Å²) in [6.07, 6.45) is 5.30. The van der Waals surface area contributed by atoms with Crippen LogP contribution in [0.4, 0.5) is 18.2 Å². The van der Waals surface area contributed by atoms with Crippen LogP contribution in [-0.2, 0) is 49.6 Å². The van der Waals surface area contributed by atoms with Gasteiger partial charge in [-0.3, -0.25) is 19.3 Å². The molecule has 5 rings (SSSR count). The predicted molar refractivity (Wildman–Crippen MR) is 134 cm³/mol. The molecule has 196 valence electrons. The number of carbonyl (C=O) groups excluding carboxylic acids is 2. The summed E-state index contributed by atoms with van der Waals surface area (Å²) in [5.74, 6) is -0.748. The highest BCUT2D eigenvalue weighted by Gasteiger charge is 2.39. The maximum absolute atomic E-state index is 13.5. The monoisotopic (exact) mass is 531 g/mol. The third-order valence-corrected chi connectivity index (χ3v) is 8.10. The van der Waals surface area contributed by atoms with Crippen LogP contribution < -0.4 is 10.6 Å². The van der Waals surface area contributed by atoms with Crippen LogP contribution in [0.5, 0.6) is 0 Å². The maximum Gasteiger partial charge on any atom is 0.435 e. The van der Waals surface area contributed by atoms with E-state index in [1.165, 1.54) is 16.0 Å². The van der Waals surface area contributed by atoms with Gasteiger partial charge in [-0.05, 0) is 75.0 Å². The van der Waals surface area contributed by atoms with E-state index in [1.807, 2.05) is 12.1 Å². The zero-order chi connectivity index (χ0) is 26.0. The summed E-state index contributed by atoms with van der Waals surface area (Å²) in [5.41, 5.74) is 2.22. The number of aromatic nitrogens is 3. The second-order valence-electron chi connectivity index (χ2n) is 9.47. The highest BCUT2D eigenvalue weighted by atomic mass is 32.1. The first-order valence-electron chi connectivity index (χ1n) is 12.6. The van der Waals surface area contributed by atoms with E-state index >= 15 is 0 Å². The third-order valence-electron chi connectivity index (χ3n) is 6.89. The Balaban J connectivity index is 1.33. The van der Waals surface area contributed by atoms with E-state index in [4.69, 9.17) is 0 Å². The van der Waals surface area contributed by atoms with Crippen LogP contribution in [0.3, 0.4) is 0 Å². The van der Waals surface area contributed by atoms with Crippen molar-refractivity contribution >= 4 is 28.2 Å². The molecule has 0 aromatic carbocycles. The lowest BCUT2D eigenvalue weighted by Crippen LogP contribution is -2.28. The van der Waals surface area contributed by atoms with Crippen molar-refractivity contribution in [3.8, 4) is 0 Å². The molecule has 0 aliphatic heterocycles. The normalized spacial score (nSPS) is 15.1. The number of anilines is 1. The molecule has 0 bridgehead atoms. The van der Waals surface area contributed by atoms with Gasteiger partial charge in [0.15, 0.2) is 5.69 Å². The van der Waals surface area contributed by atoms with Crippen LogP contribution in [0.2, 0.25) is 0 Å². The van der Waals surface area contributed by atoms with E-state index in [0.717, 1.165) is 48.1 Å². The minimum atomic E-state index is -4.56. The summed E-state index contributed by atoms with van der Waals surface area (Å²) in [5, 5.41) is 10.0. The molecule has 7 nitrogen and oxygen atoms in total. The largest absolute Gasteiger partial charge is 0.435 e. The van der Waals surface area contributed by atoms with Gasteiger partial charge in [0.2, 0.25) is 5.91 Å². The van der Waals surface area contributed by atoms with Gasteiger partial charge in [-0.15, -0.1) is 11.3 Å². The van der Waals surface area contributed by atoms with Crippen LogP contribution in [0, 0.1) is 0 Å². The van der Waals surface area contributed by atoms with Crippen molar-refractivity contribution in [2.24, 2.45) is 0 Å². The van der Waals surface area contributed by atoms with E-state index in [1.54, 1.807) is 12.4 Å². The van der Waals surface area contributed by atoms with Crippen LogP contribution >= 0.6 is 11.3 Å². The SMILES string of the molecule is O=C(Cn1nc(C(F)(F)F)c2c1CCCC2)Nc1sc2c(c1C(=O)NCCc1cccnc1)CCCC2. The molecule has 0 unspecified atom stereocenters. The minimum absolute atomic E-state index is 0.201. The van der Waals surface area contributed by atoms with Gasteiger partial charge >= 0.3 is 6.18 Å². The highest BCUT2D eigenvalue weighted by molar-refractivity contribution is 7.17. The zero-order valence-corrected chi connectivity index (χ0v) is 21.1. The Morgan fingerprint density at radius 2 is 1.81 bits per heavy atom. The molecule has 0 spiro atoms. The van der Waals surface area contributed by atoms with Gasteiger partial charge in [0.25, 0.3) is 5.91 Å². The summed E-state index contributed by atoms with van der Waals surface area (Å²) in [6, 6.07) is 3.78. The summed E-state index contributed by atoms with van der Waals surface area (Å²) in [4.78, 5) is 31.4. The van der Waals surface area contributed by atoms with Crippen LogP contribution in [-0.4, -0.2) is 33.1 Å². The molecule has 2 amide bonds. The molecule has 3 aromatic rings. The number of thiophene rings is 1. The van der Waals surface area contributed by atoms with Gasteiger partial charge in [-0.25, -0.2) is 0 Å². The topological polar surface area (TPSA) is 88.9 Å². The molecule has 2 aliphatic carbocycles. The molecule has 0 saturated carbocycles. The van der Waals surface area contributed by atoms with Gasteiger partial charge in [-0.2, -0.15) is 18.3 Å². The first-order valence-corrected chi connectivity index (χ1v) is 13.4. The number of hydrogen-bond donors (Lipinski definition) is 2. The van der Waals surface area contributed by atoms with Crippen molar-refractivity contribution in [2.75, 3.05) is 11.9 Å². The standard InChI is InChI=1S/C26H28F3N5O2S/c27-26(28,29)23-17-7-1-3-9-19(17)34(33-23)15-21(35)32-25-22(18-8-2-4-10-20(18)37-25)24(36)31-13-11-16-6-5-12-30-14-16/h5-6,12,14H,1-4,7-11,13,15H2,(H,31,36)(H,32,35). The van der Waals surface area contributed by atoms with Crippen molar-refractivity contribution < 1.29 is 22.8 Å². The van der Waals surface area contributed by atoms with Crippen molar-refractivity contribution in [3.05, 3.63) is 63.0 Å². The fraction of sp³-hybridized carbons (Fsp3) is 0.462. The number of amides is 2. The average Bonchev–Trinajstić information content (AvgIpc) is 3.43. The summed E-state index contributed by atoms with van der Waals surface area (Å²) in [6.45, 7) is 0.0885. The number of hydrogen-bond acceptors (Lipinski definition) is 5. The highest BCUT2D eigenvalue weighted by Crippen LogP contribution is 2.39. The van der Waals surface area contributed by atoms with Gasteiger partial charge in [0.1, 0.15) is 11.5 Å². The molecular formula is C26H28F3N5O2S. The third kappa shape index (κ3) is 5.56. The lowest BCUT2D eigenvalue weighted by molar-refractivity contribution is -0.142. The number of alkyl halides is 3. The molecule has 0 fully saturated rings. The fourth-order valence-corrected chi connectivity index (χ4v) is 6.48. The molecule has 3 heterocycles. The van der Waals surface area contributed by atoms with Crippen molar-refractivity contribution in [1.82, 2.24) is 20.1 Å². The molecule has 0 radical (unpaired) electrons. The number of nitrogens with zero attached hydrogens (tertiary/aromatic N) is 3. The Bertz CT molecular complexity index is 1300. The molecular weight excluding hydrogens is 503 g/mol. The smallest absolute Gasteiger partial charge is 0.352 e. The number of carbonyl (C=O) groups is 2. The van der Waals surface area contributed by atoms with Gasteiger partial charge in [0, 0.05) is 35.1 Å². The maximum atomic E-state index is 13.5. The van der Waals surface area contributed by atoms with Gasteiger partial charge in [0.05, 0.1) is 5.56 Å². The van der Waals surface area contributed by atoms with Crippen molar-refractivity contribution in [1.29, 1.82) is 0 Å². The lowest BCUT2D eigenvalue weighted by atomic mass is 9.95. The van der Waals surface area contributed by atoms with Crippen molar-refractivity contribution in [2.45, 2.75) is 70.5 Å². The average molecular weight is 532 g/mol. The van der Waals surface area contributed by atoms with Crippen LogP contribution in [0.1, 0.15) is 69.0 Å². The first kappa shape index (κ1) is 25.4. The number of fused-ring (bicyclic) bond motifs is 2. The van der Waals surface area contributed by atoms with Crippen molar-refractivity contribution in [3.63, 3.8) is 0 Å². The van der Waals surface area contributed by atoms with Gasteiger partial charge < -0.3 is 10.6 Å². The van der Waals surface area contributed by atoms with E-state index in [9.17, 15) is 22.8 Å². The molecule has 2 aliphatic rings. The van der Waals surface area contributed by atoms with Gasteiger partial charge in [-0.1, -0.05) is 6.07 Å². The Morgan fingerprint density at radius 3 is 2.57 bits per heavy atom. The van der Waals surface area contributed by atoms with E-state index in [0.29, 0.717) is 48.5 Å².